The maximum atomic E-state index is 11.5. The molecule has 0 bridgehead atoms. The second kappa shape index (κ2) is 4.57. The van der Waals surface area contributed by atoms with Gasteiger partial charge in [-0.1, -0.05) is 0 Å². The van der Waals surface area contributed by atoms with Crippen LogP contribution >= 0.6 is 11.3 Å². The summed E-state index contributed by atoms with van der Waals surface area (Å²) in [5.41, 5.74) is 1.11. The summed E-state index contributed by atoms with van der Waals surface area (Å²) >= 11 is 1.63. The molecular formula is C10H14N2OS. The van der Waals surface area contributed by atoms with Crippen molar-refractivity contribution in [1.29, 1.82) is 0 Å². The molecule has 0 aliphatic carbocycles. The van der Waals surface area contributed by atoms with Crippen molar-refractivity contribution < 1.29 is 4.79 Å². The van der Waals surface area contributed by atoms with Crippen molar-refractivity contribution in [2.24, 2.45) is 0 Å². The lowest BCUT2D eigenvalue weighted by Gasteiger charge is -2.10. The molecule has 1 aliphatic rings. The number of amides is 1. The SMILES string of the molecule is O=C(Cc1ccsc1)NC1CCNC1. The number of carbonyl (C=O) groups is 1. The van der Waals surface area contributed by atoms with Crippen molar-refractivity contribution >= 4 is 17.2 Å². The van der Waals surface area contributed by atoms with Crippen LogP contribution in [0.3, 0.4) is 0 Å². The average Bonchev–Trinajstić information content (AvgIpc) is 2.76. The number of hydrogen-bond acceptors (Lipinski definition) is 3. The molecule has 4 heteroatoms. The van der Waals surface area contributed by atoms with Crippen LogP contribution in [-0.2, 0) is 11.2 Å². The Bertz CT molecular complexity index is 291. The van der Waals surface area contributed by atoms with Crippen molar-refractivity contribution in [2.45, 2.75) is 18.9 Å². The highest BCUT2D eigenvalue weighted by Gasteiger charge is 2.16. The highest BCUT2D eigenvalue weighted by atomic mass is 32.1. The summed E-state index contributed by atoms with van der Waals surface area (Å²) in [5, 5.41) is 10.3. The number of hydrogen-bond donors (Lipinski definition) is 2. The average molecular weight is 210 g/mol. The first-order chi connectivity index (χ1) is 6.84. The van der Waals surface area contributed by atoms with Crippen LogP contribution in [0.15, 0.2) is 16.8 Å². The number of carbonyl (C=O) groups excluding carboxylic acids is 1. The van der Waals surface area contributed by atoms with Gasteiger partial charge in [0.15, 0.2) is 0 Å². The molecule has 1 aliphatic heterocycles. The molecule has 1 amide bonds. The molecule has 1 aromatic rings. The fraction of sp³-hybridized carbons (Fsp3) is 0.500. The molecule has 1 fully saturated rings. The fourth-order valence-corrected chi connectivity index (χ4v) is 2.30. The van der Waals surface area contributed by atoms with Gasteiger partial charge in [-0.25, -0.2) is 0 Å². The Morgan fingerprint density at radius 1 is 1.71 bits per heavy atom. The van der Waals surface area contributed by atoms with Crippen molar-refractivity contribution in [2.75, 3.05) is 13.1 Å². The van der Waals surface area contributed by atoms with Crippen LogP contribution in [0.2, 0.25) is 0 Å². The van der Waals surface area contributed by atoms with Crippen LogP contribution in [0.5, 0.6) is 0 Å². The second-order valence-corrected chi connectivity index (χ2v) is 4.35. The van der Waals surface area contributed by atoms with Gasteiger partial charge >= 0.3 is 0 Å². The zero-order chi connectivity index (χ0) is 9.80. The van der Waals surface area contributed by atoms with Crippen molar-refractivity contribution in [3.63, 3.8) is 0 Å². The van der Waals surface area contributed by atoms with Gasteiger partial charge in [-0.3, -0.25) is 4.79 Å². The van der Waals surface area contributed by atoms with E-state index >= 15 is 0 Å². The minimum Gasteiger partial charge on any atom is -0.352 e. The minimum atomic E-state index is 0.136. The maximum Gasteiger partial charge on any atom is 0.224 e. The van der Waals surface area contributed by atoms with Crippen LogP contribution in [-0.4, -0.2) is 25.0 Å². The Labute approximate surface area is 87.5 Å². The van der Waals surface area contributed by atoms with E-state index < -0.39 is 0 Å². The lowest BCUT2D eigenvalue weighted by atomic mass is 10.2. The lowest BCUT2D eigenvalue weighted by Crippen LogP contribution is -2.37. The molecular weight excluding hydrogens is 196 g/mol. The van der Waals surface area contributed by atoms with Crippen molar-refractivity contribution in [3.05, 3.63) is 22.4 Å². The van der Waals surface area contributed by atoms with E-state index in [9.17, 15) is 4.79 Å². The van der Waals surface area contributed by atoms with Gasteiger partial charge < -0.3 is 10.6 Å². The summed E-state index contributed by atoms with van der Waals surface area (Å²) in [4.78, 5) is 11.5. The van der Waals surface area contributed by atoms with E-state index in [1.54, 1.807) is 11.3 Å². The highest BCUT2D eigenvalue weighted by Crippen LogP contribution is 2.07. The van der Waals surface area contributed by atoms with Crippen LogP contribution in [0.1, 0.15) is 12.0 Å². The number of thiophene rings is 1. The quantitative estimate of drug-likeness (QED) is 0.773. The molecule has 1 saturated heterocycles. The van der Waals surface area contributed by atoms with Crippen LogP contribution < -0.4 is 10.6 Å². The molecule has 14 heavy (non-hydrogen) atoms. The van der Waals surface area contributed by atoms with E-state index in [2.05, 4.69) is 10.6 Å². The first-order valence-corrected chi connectivity index (χ1v) is 5.80. The summed E-state index contributed by atoms with van der Waals surface area (Å²) < 4.78 is 0. The summed E-state index contributed by atoms with van der Waals surface area (Å²) in [5.74, 6) is 0.136. The van der Waals surface area contributed by atoms with E-state index in [-0.39, 0.29) is 5.91 Å². The summed E-state index contributed by atoms with van der Waals surface area (Å²) in [6, 6.07) is 2.33. The molecule has 76 valence electrons. The van der Waals surface area contributed by atoms with E-state index in [1.807, 2.05) is 16.8 Å². The molecule has 2 rings (SSSR count). The van der Waals surface area contributed by atoms with Crippen molar-refractivity contribution in [1.82, 2.24) is 10.6 Å². The van der Waals surface area contributed by atoms with Crippen LogP contribution in [0.25, 0.3) is 0 Å². The Morgan fingerprint density at radius 3 is 3.29 bits per heavy atom. The Kier molecular flexibility index (Phi) is 3.16. The van der Waals surface area contributed by atoms with Gasteiger partial charge in [-0.2, -0.15) is 11.3 Å². The zero-order valence-electron chi connectivity index (χ0n) is 7.95. The monoisotopic (exact) mass is 210 g/mol. The molecule has 0 spiro atoms. The Hall–Kier alpha value is -0.870. The molecule has 2 heterocycles. The molecule has 3 nitrogen and oxygen atoms in total. The topological polar surface area (TPSA) is 41.1 Å². The minimum absolute atomic E-state index is 0.136. The standard InChI is InChI=1S/C10H14N2OS/c13-10(5-8-2-4-14-7-8)12-9-1-3-11-6-9/h2,4,7,9,11H,1,3,5-6H2,(H,12,13). The fourth-order valence-electron chi connectivity index (χ4n) is 1.64. The lowest BCUT2D eigenvalue weighted by molar-refractivity contribution is -0.121. The third-order valence-electron chi connectivity index (χ3n) is 2.37. The Balaban J connectivity index is 1.78. The predicted octanol–water partition coefficient (Wildman–Crippen LogP) is 0.769. The summed E-state index contributed by atoms with van der Waals surface area (Å²) in [6.45, 7) is 1.93. The highest BCUT2D eigenvalue weighted by molar-refractivity contribution is 7.07. The van der Waals surface area contributed by atoms with E-state index in [4.69, 9.17) is 0 Å². The van der Waals surface area contributed by atoms with Crippen LogP contribution in [0, 0.1) is 0 Å². The van der Waals surface area contributed by atoms with Gasteiger partial charge in [-0.15, -0.1) is 0 Å². The second-order valence-electron chi connectivity index (χ2n) is 3.57. The third-order valence-corrected chi connectivity index (χ3v) is 3.10. The van der Waals surface area contributed by atoms with Crippen LogP contribution in [0.4, 0.5) is 0 Å². The number of nitrogens with one attached hydrogen (secondary N) is 2. The first kappa shape index (κ1) is 9.68. The molecule has 1 aromatic heterocycles. The maximum absolute atomic E-state index is 11.5. The smallest absolute Gasteiger partial charge is 0.224 e. The van der Waals surface area contributed by atoms with Crippen molar-refractivity contribution in [3.8, 4) is 0 Å². The molecule has 1 atom stereocenters. The summed E-state index contributed by atoms with van der Waals surface area (Å²) in [7, 11) is 0. The normalized spacial score (nSPS) is 21.0. The van der Waals surface area contributed by atoms with Gasteiger partial charge in [0.1, 0.15) is 0 Å². The van der Waals surface area contributed by atoms with Gasteiger partial charge in [0.2, 0.25) is 5.91 Å². The number of rotatable bonds is 3. The molecule has 0 radical (unpaired) electrons. The van der Waals surface area contributed by atoms with Gasteiger partial charge in [0.25, 0.3) is 0 Å². The largest absolute Gasteiger partial charge is 0.352 e. The van der Waals surface area contributed by atoms with Gasteiger partial charge in [-0.05, 0) is 35.4 Å². The molecule has 0 saturated carbocycles. The van der Waals surface area contributed by atoms with E-state index in [0.29, 0.717) is 12.5 Å². The van der Waals surface area contributed by atoms with Gasteiger partial charge in [0, 0.05) is 12.6 Å². The Morgan fingerprint density at radius 2 is 2.64 bits per heavy atom. The zero-order valence-corrected chi connectivity index (χ0v) is 8.77. The van der Waals surface area contributed by atoms with Gasteiger partial charge in [0.05, 0.1) is 6.42 Å². The third kappa shape index (κ3) is 2.56. The van der Waals surface area contributed by atoms with E-state index in [1.165, 1.54) is 0 Å². The molecule has 1 unspecified atom stereocenters. The van der Waals surface area contributed by atoms with E-state index in [0.717, 1.165) is 25.1 Å². The molecule has 0 aromatic carbocycles. The first-order valence-electron chi connectivity index (χ1n) is 4.86. The summed E-state index contributed by atoms with van der Waals surface area (Å²) in [6.07, 6.45) is 1.56. The molecule has 2 N–H and O–H groups in total. The predicted molar refractivity (Wildman–Crippen MR) is 57.4 cm³/mol.